The van der Waals surface area contributed by atoms with Gasteiger partial charge >= 0.3 is 5.97 Å². The Kier molecular flexibility index (Phi) is 7.52. The van der Waals surface area contributed by atoms with E-state index in [-0.39, 0.29) is 22.9 Å². The predicted octanol–water partition coefficient (Wildman–Crippen LogP) is 8.62. The summed E-state index contributed by atoms with van der Waals surface area (Å²) in [6.07, 6.45) is 13.2. The van der Waals surface area contributed by atoms with Crippen molar-refractivity contribution in [2.45, 2.75) is 129 Å². The Balaban J connectivity index is 1.51. The average Bonchev–Trinajstić information content (AvgIpc) is 3.07. The number of rotatable bonds is 6. The van der Waals surface area contributed by atoms with E-state index in [1.54, 1.807) is 0 Å². The van der Waals surface area contributed by atoms with Crippen LogP contribution in [-0.4, -0.2) is 22.3 Å². The summed E-state index contributed by atoms with van der Waals surface area (Å²) < 4.78 is 5.63. The van der Waals surface area contributed by atoms with Crippen LogP contribution in [0, 0.1) is 46.3 Å². The molecular weight excluding hydrogens is 451 g/mol. The van der Waals surface area contributed by atoms with E-state index in [1.807, 2.05) is 0 Å². The lowest BCUT2D eigenvalue weighted by Gasteiger charge is -2.65. The van der Waals surface area contributed by atoms with Gasteiger partial charge in [-0.05, 0) is 91.3 Å². The summed E-state index contributed by atoms with van der Waals surface area (Å²) >= 11 is 14.7. The second-order valence-electron chi connectivity index (χ2n) is 13.4. The largest absolute Gasteiger partial charge is 0.462 e. The van der Waals surface area contributed by atoms with Gasteiger partial charge in [0, 0.05) is 13.3 Å². The Hall–Kier alpha value is 0.0500. The summed E-state index contributed by atoms with van der Waals surface area (Å²) in [5.74, 6) is 4.44. The van der Waals surface area contributed by atoms with Crippen molar-refractivity contribution in [2.24, 2.45) is 46.3 Å². The number of carbonyl (C=O) groups is 1. The molecule has 33 heavy (non-hydrogen) atoms. The van der Waals surface area contributed by atoms with Crippen molar-refractivity contribution in [1.29, 1.82) is 0 Å². The maximum Gasteiger partial charge on any atom is 0.302 e. The Morgan fingerprint density at radius 1 is 1.03 bits per heavy atom. The molecule has 0 aromatic heterocycles. The van der Waals surface area contributed by atoms with Crippen molar-refractivity contribution in [3.05, 3.63) is 0 Å². The van der Waals surface area contributed by atoms with Crippen LogP contribution in [0.15, 0.2) is 0 Å². The highest BCUT2D eigenvalue weighted by atomic mass is 35.5. The molecule has 190 valence electrons. The van der Waals surface area contributed by atoms with Crippen molar-refractivity contribution in [3.63, 3.8) is 0 Å². The van der Waals surface area contributed by atoms with Crippen LogP contribution in [0.25, 0.3) is 0 Å². The highest BCUT2D eigenvalue weighted by Gasteiger charge is 2.67. The first-order valence-electron chi connectivity index (χ1n) is 13.9. The fraction of sp³-hybridized carbons (Fsp3) is 0.966. The van der Waals surface area contributed by atoms with Crippen LogP contribution in [0.4, 0.5) is 0 Å². The van der Waals surface area contributed by atoms with Crippen molar-refractivity contribution in [1.82, 2.24) is 0 Å². The molecule has 4 aliphatic carbocycles. The first kappa shape index (κ1) is 26.1. The quantitative estimate of drug-likeness (QED) is 0.270. The minimum Gasteiger partial charge on any atom is -0.462 e. The van der Waals surface area contributed by atoms with E-state index in [0.29, 0.717) is 23.7 Å². The Bertz CT molecular complexity index is 724. The molecule has 0 unspecified atom stereocenters. The minimum atomic E-state index is -0.468. The molecule has 0 saturated heterocycles. The van der Waals surface area contributed by atoms with E-state index in [0.717, 1.165) is 42.9 Å². The zero-order chi connectivity index (χ0) is 24.2. The summed E-state index contributed by atoms with van der Waals surface area (Å²) in [4.78, 5) is 11.1. The lowest BCUT2D eigenvalue weighted by molar-refractivity contribution is -0.156. The van der Waals surface area contributed by atoms with E-state index in [2.05, 4.69) is 34.6 Å². The number of esters is 1. The first-order valence-corrected chi connectivity index (χ1v) is 14.7. The molecule has 10 atom stereocenters. The Morgan fingerprint density at radius 2 is 1.76 bits per heavy atom. The van der Waals surface area contributed by atoms with Crippen LogP contribution in [0.2, 0.25) is 0 Å². The van der Waals surface area contributed by atoms with Crippen molar-refractivity contribution in [3.8, 4) is 0 Å². The van der Waals surface area contributed by atoms with Crippen LogP contribution in [-0.2, 0) is 9.53 Å². The normalized spacial score (nSPS) is 48.0. The van der Waals surface area contributed by atoms with E-state index in [4.69, 9.17) is 27.9 Å². The number of fused-ring (bicyclic) bond motifs is 5. The smallest absolute Gasteiger partial charge is 0.302 e. The van der Waals surface area contributed by atoms with Gasteiger partial charge in [-0.15, -0.1) is 23.2 Å². The zero-order valence-electron chi connectivity index (χ0n) is 22.0. The highest BCUT2D eigenvalue weighted by Crippen LogP contribution is 2.71. The van der Waals surface area contributed by atoms with Gasteiger partial charge in [0.05, 0.1) is 10.3 Å². The number of hydrogen-bond acceptors (Lipinski definition) is 2. The molecule has 4 fully saturated rings. The molecular formula is C29H48Cl2O2. The molecule has 0 bridgehead atoms. The molecule has 0 heterocycles. The fourth-order valence-corrected chi connectivity index (χ4v) is 10.5. The van der Waals surface area contributed by atoms with Crippen LogP contribution in [0.1, 0.15) is 112 Å². The molecule has 0 N–H and O–H groups in total. The molecule has 0 aromatic rings. The highest BCUT2D eigenvalue weighted by molar-refractivity contribution is 6.33. The standard InChI is InChI=1S/C29H48Cl2O2/c1-18(2)8-7-9-19(3)23-10-11-24-22-16-26(30)29(31)17-21(33-20(4)32)12-15-28(29,6)25(22)13-14-27(23,24)5/h18-19,21-26H,7-17H2,1-6H3/t19-,21-,22+,23-,24-,25+,26-,27+,28+,29-/m0/s1. The molecule has 4 saturated carbocycles. The monoisotopic (exact) mass is 498 g/mol. The van der Waals surface area contributed by atoms with Gasteiger partial charge in [-0.25, -0.2) is 0 Å². The third kappa shape index (κ3) is 4.41. The van der Waals surface area contributed by atoms with Crippen molar-refractivity contribution in [2.75, 3.05) is 0 Å². The molecule has 0 radical (unpaired) electrons. The summed E-state index contributed by atoms with van der Waals surface area (Å²) in [6.45, 7) is 13.8. The molecule has 0 spiro atoms. The van der Waals surface area contributed by atoms with Crippen molar-refractivity contribution < 1.29 is 9.53 Å². The van der Waals surface area contributed by atoms with E-state index >= 15 is 0 Å². The van der Waals surface area contributed by atoms with Gasteiger partial charge in [-0.2, -0.15) is 0 Å². The third-order valence-electron chi connectivity index (χ3n) is 11.2. The van der Waals surface area contributed by atoms with Gasteiger partial charge in [-0.3, -0.25) is 4.79 Å². The second-order valence-corrected chi connectivity index (χ2v) is 14.6. The predicted molar refractivity (Wildman–Crippen MR) is 139 cm³/mol. The van der Waals surface area contributed by atoms with E-state index < -0.39 is 4.87 Å². The SMILES string of the molecule is CC(=O)O[C@H]1CC[C@]2(C)[C@@H]3CC[C@@]4(C)[C@@H](CC[C@H]4[C@@H](C)CCCC(C)C)[C@H]3C[C@H](Cl)[C@@]2(Cl)C1. The maximum atomic E-state index is 11.6. The van der Waals surface area contributed by atoms with Crippen LogP contribution >= 0.6 is 23.2 Å². The lowest BCUT2D eigenvalue weighted by atomic mass is 9.44. The van der Waals surface area contributed by atoms with Gasteiger partial charge < -0.3 is 4.74 Å². The number of carbonyl (C=O) groups excluding carboxylic acids is 1. The number of ether oxygens (including phenoxy) is 1. The third-order valence-corrected chi connectivity index (χ3v) is 12.7. The fourth-order valence-electron chi connectivity index (χ4n) is 9.51. The Labute approximate surface area is 213 Å². The summed E-state index contributed by atoms with van der Waals surface area (Å²) in [6, 6.07) is 0. The summed E-state index contributed by atoms with van der Waals surface area (Å²) in [5, 5.41) is -0.0476. The minimum absolute atomic E-state index is 0.0306. The number of halogens is 2. The Morgan fingerprint density at radius 3 is 2.42 bits per heavy atom. The molecule has 0 aromatic carbocycles. The van der Waals surface area contributed by atoms with Gasteiger partial charge in [0.25, 0.3) is 0 Å². The number of alkyl halides is 2. The molecule has 0 aliphatic heterocycles. The van der Waals surface area contributed by atoms with Gasteiger partial charge in [0.15, 0.2) is 0 Å². The summed E-state index contributed by atoms with van der Waals surface area (Å²) in [7, 11) is 0. The average molecular weight is 500 g/mol. The van der Waals surface area contributed by atoms with Gasteiger partial charge in [-0.1, -0.05) is 53.9 Å². The summed E-state index contributed by atoms with van der Waals surface area (Å²) in [5.41, 5.74) is 0.496. The van der Waals surface area contributed by atoms with E-state index in [1.165, 1.54) is 51.9 Å². The lowest BCUT2D eigenvalue weighted by Crippen LogP contribution is -2.65. The van der Waals surface area contributed by atoms with Crippen LogP contribution < -0.4 is 0 Å². The number of hydrogen-bond donors (Lipinski definition) is 0. The topological polar surface area (TPSA) is 26.3 Å². The van der Waals surface area contributed by atoms with E-state index in [9.17, 15) is 4.79 Å². The second kappa shape index (κ2) is 9.49. The van der Waals surface area contributed by atoms with Gasteiger partial charge in [0.1, 0.15) is 6.10 Å². The molecule has 4 rings (SSSR count). The zero-order valence-corrected chi connectivity index (χ0v) is 23.5. The first-order chi connectivity index (χ1) is 15.4. The molecule has 4 aliphatic rings. The molecule has 4 heteroatoms. The van der Waals surface area contributed by atoms with Crippen LogP contribution in [0.3, 0.4) is 0 Å². The van der Waals surface area contributed by atoms with Crippen molar-refractivity contribution >= 4 is 29.2 Å². The maximum absolute atomic E-state index is 11.6. The molecule has 0 amide bonds. The van der Waals surface area contributed by atoms with Gasteiger partial charge in [0.2, 0.25) is 0 Å². The van der Waals surface area contributed by atoms with Crippen LogP contribution in [0.5, 0.6) is 0 Å². The molecule has 2 nitrogen and oxygen atoms in total.